The summed E-state index contributed by atoms with van der Waals surface area (Å²) in [6.07, 6.45) is 2.12. The maximum absolute atomic E-state index is 3.34. The molecular weight excluding hydrogens is 142 g/mol. The van der Waals surface area contributed by atoms with Crippen molar-refractivity contribution in [2.75, 3.05) is 13.1 Å². The van der Waals surface area contributed by atoms with Gasteiger partial charge in [-0.3, -0.25) is 0 Å². The number of halogens is 1. The molecule has 1 N–H and O–H groups in total. The summed E-state index contributed by atoms with van der Waals surface area (Å²) in [7, 11) is 0. The predicted molar refractivity (Wildman–Crippen MR) is 29.9 cm³/mol. The molecule has 0 aromatic heterocycles. The van der Waals surface area contributed by atoms with Gasteiger partial charge in [0.1, 0.15) is 0 Å². The van der Waals surface area contributed by atoms with Gasteiger partial charge in [-0.05, 0) is 0 Å². The van der Waals surface area contributed by atoms with Crippen molar-refractivity contribution in [2.24, 2.45) is 0 Å². The molecule has 0 aliphatic carbocycles. The van der Waals surface area contributed by atoms with E-state index in [0.717, 1.165) is 13.1 Å². The Morgan fingerprint density at radius 1 is 1.83 bits per heavy atom. The van der Waals surface area contributed by atoms with Crippen molar-refractivity contribution in [3.8, 4) is 0 Å². The van der Waals surface area contributed by atoms with Crippen LogP contribution in [0.25, 0.3) is 0 Å². The van der Waals surface area contributed by atoms with Crippen LogP contribution >= 0.6 is 15.9 Å². The van der Waals surface area contributed by atoms with Gasteiger partial charge in [0.25, 0.3) is 0 Å². The Morgan fingerprint density at radius 3 is 2.83 bits per heavy atom. The molecule has 0 atom stereocenters. The van der Waals surface area contributed by atoms with Crippen LogP contribution in [0.2, 0.25) is 0 Å². The van der Waals surface area contributed by atoms with Crippen LogP contribution in [-0.4, -0.2) is 13.1 Å². The lowest BCUT2D eigenvalue weighted by Crippen LogP contribution is -2.06. The first kappa shape index (κ1) is 4.34. The number of hydrogen-bond acceptors (Lipinski definition) is 1. The molecule has 0 amide bonds. The van der Waals surface area contributed by atoms with Crippen LogP contribution in [0.4, 0.5) is 0 Å². The fourth-order valence-electron chi connectivity index (χ4n) is 0.447. The molecule has 0 bridgehead atoms. The second kappa shape index (κ2) is 1.76. The quantitative estimate of drug-likeness (QED) is 0.537. The lowest BCUT2D eigenvalue weighted by molar-refractivity contribution is 0.890. The highest BCUT2D eigenvalue weighted by atomic mass is 79.9. The molecule has 0 fully saturated rings. The molecule has 1 aliphatic rings. The van der Waals surface area contributed by atoms with Gasteiger partial charge >= 0.3 is 0 Å². The highest BCUT2D eigenvalue weighted by Gasteiger charge is 1.94. The van der Waals surface area contributed by atoms with E-state index in [2.05, 4.69) is 27.3 Å². The van der Waals surface area contributed by atoms with Crippen molar-refractivity contribution >= 4 is 15.9 Å². The maximum atomic E-state index is 3.34. The van der Waals surface area contributed by atoms with Crippen LogP contribution in [0.15, 0.2) is 10.6 Å². The van der Waals surface area contributed by atoms with Crippen molar-refractivity contribution in [3.63, 3.8) is 0 Å². The van der Waals surface area contributed by atoms with E-state index >= 15 is 0 Å². The van der Waals surface area contributed by atoms with Gasteiger partial charge in [-0.15, -0.1) is 0 Å². The fourth-order valence-corrected chi connectivity index (χ4v) is 0.807. The van der Waals surface area contributed by atoms with E-state index < -0.39 is 0 Å². The molecular formula is C4H6BrN. The first-order valence-corrected chi connectivity index (χ1v) is 2.74. The van der Waals surface area contributed by atoms with E-state index in [4.69, 9.17) is 0 Å². The van der Waals surface area contributed by atoms with Gasteiger partial charge in [0.2, 0.25) is 0 Å². The van der Waals surface area contributed by atoms with Crippen LogP contribution in [0, 0.1) is 0 Å². The van der Waals surface area contributed by atoms with Gasteiger partial charge in [-0.2, -0.15) is 0 Å². The Hall–Kier alpha value is 0.180. The maximum Gasteiger partial charge on any atom is 0.0271 e. The summed E-state index contributed by atoms with van der Waals surface area (Å²) in [5, 5.41) is 3.13. The molecule has 6 heavy (non-hydrogen) atoms. The van der Waals surface area contributed by atoms with E-state index in [0.29, 0.717) is 0 Å². The third kappa shape index (κ3) is 0.820. The van der Waals surface area contributed by atoms with Crippen LogP contribution < -0.4 is 5.32 Å². The molecule has 0 spiro atoms. The third-order valence-corrected chi connectivity index (χ3v) is 1.37. The van der Waals surface area contributed by atoms with E-state index in [9.17, 15) is 0 Å². The highest BCUT2D eigenvalue weighted by Crippen LogP contribution is 2.04. The minimum absolute atomic E-state index is 1.01. The predicted octanol–water partition coefficient (Wildman–Crippen LogP) is 0.868. The topological polar surface area (TPSA) is 12.0 Å². The molecule has 34 valence electrons. The Bertz CT molecular complexity index is 77.6. The van der Waals surface area contributed by atoms with Gasteiger partial charge in [0.05, 0.1) is 0 Å². The molecule has 0 aromatic rings. The number of hydrogen-bond donors (Lipinski definition) is 1. The summed E-state index contributed by atoms with van der Waals surface area (Å²) in [5.41, 5.74) is 0. The molecule has 0 radical (unpaired) electrons. The van der Waals surface area contributed by atoms with Gasteiger partial charge in [0.15, 0.2) is 0 Å². The fraction of sp³-hybridized carbons (Fsp3) is 0.500. The molecule has 0 unspecified atom stereocenters. The normalized spacial score (nSPS) is 21.2. The lowest BCUT2D eigenvalue weighted by atomic mass is 10.6. The van der Waals surface area contributed by atoms with Crippen LogP contribution in [-0.2, 0) is 0 Å². The van der Waals surface area contributed by atoms with Gasteiger partial charge in [0, 0.05) is 17.6 Å². The van der Waals surface area contributed by atoms with Gasteiger partial charge in [-0.1, -0.05) is 22.0 Å². The summed E-state index contributed by atoms with van der Waals surface area (Å²) in [5.74, 6) is 0. The summed E-state index contributed by atoms with van der Waals surface area (Å²) >= 11 is 3.34. The summed E-state index contributed by atoms with van der Waals surface area (Å²) < 4.78 is 1.28. The van der Waals surface area contributed by atoms with Gasteiger partial charge in [-0.25, -0.2) is 0 Å². The molecule has 0 aromatic carbocycles. The van der Waals surface area contributed by atoms with E-state index in [-0.39, 0.29) is 0 Å². The zero-order valence-corrected chi connectivity index (χ0v) is 4.96. The second-order valence-corrected chi connectivity index (χ2v) is 2.30. The lowest BCUT2D eigenvalue weighted by Gasteiger charge is -1.81. The Morgan fingerprint density at radius 2 is 2.67 bits per heavy atom. The number of nitrogens with one attached hydrogen (secondary N) is 1. The zero-order chi connectivity index (χ0) is 4.41. The molecule has 0 saturated heterocycles. The van der Waals surface area contributed by atoms with E-state index in [1.165, 1.54) is 4.48 Å². The monoisotopic (exact) mass is 147 g/mol. The minimum Gasteiger partial charge on any atom is -0.309 e. The molecule has 1 heterocycles. The van der Waals surface area contributed by atoms with Crippen molar-refractivity contribution in [3.05, 3.63) is 10.6 Å². The average molecular weight is 148 g/mol. The van der Waals surface area contributed by atoms with Gasteiger partial charge < -0.3 is 5.32 Å². The third-order valence-electron chi connectivity index (χ3n) is 0.762. The standard InChI is InChI=1S/C4H6BrN/c5-4-1-2-6-3-4/h1,6H,2-3H2. The van der Waals surface area contributed by atoms with Crippen molar-refractivity contribution in [1.82, 2.24) is 5.32 Å². The Kier molecular flexibility index (Phi) is 1.27. The zero-order valence-electron chi connectivity index (χ0n) is 3.37. The SMILES string of the molecule is BrC1=CCNC1. The summed E-state index contributed by atoms with van der Waals surface area (Å²) in [6, 6.07) is 0. The molecule has 0 saturated carbocycles. The van der Waals surface area contributed by atoms with Crippen LogP contribution in [0.5, 0.6) is 0 Å². The first-order chi connectivity index (χ1) is 2.89. The molecule has 2 heteroatoms. The molecule has 1 nitrogen and oxygen atoms in total. The first-order valence-electron chi connectivity index (χ1n) is 1.95. The largest absolute Gasteiger partial charge is 0.309 e. The van der Waals surface area contributed by atoms with Crippen molar-refractivity contribution < 1.29 is 0 Å². The summed E-state index contributed by atoms with van der Waals surface area (Å²) in [6.45, 7) is 2.04. The molecule has 1 aliphatic heterocycles. The van der Waals surface area contributed by atoms with Crippen LogP contribution in [0.3, 0.4) is 0 Å². The average Bonchev–Trinajstić information content (AvgIpc) is 1.86. The van der Waals surface area contributed by atoms with Crippen LogP contribution in [0.1, 0.15) is 0 Å². The smallest absolute Gasteiger partial charge is 0.0271 e. The van der Waals surface area contributed by atoms with Crippen molar-refractivity contribution in [1.29, 1.82) is 0 Å². The summed E-state index contributed by atoms with van der Waals surface area (Å²) in [4.78, 5) is 0. The molecule has 1 rings (SSSR count). The highest BCUT2D eigenvalue weighted by molar-refractivity contribution is 9.11. The Labute approximate surface area is 45.6 Å². The van der Waals surface area contributed by atoms with E-state index in [1.54, 1.807) is 0 Å². The second-order valence-electron chi connectivity index (χ2n) is 1.28. The number of rotatable bonds is 0. The minimum atomic E-state index is 1.01. The Balaban J connectivity index is 2.45. The van der Waals surface area contributed by atoms with Crippen molar-refractivity contribution in [2.45, 2.75) is 0 Å². The van der Waals surface area contributed by atoms with E-state index in [1.807, 2.05) is 0 Å².